The van der Waals surface area contributed by atoms with Gasteiger partial charge in [0.1, 0.15) is 5.75 Å². The van der Waals surface area contributed by atoms with Gasteiger partial charge in [0, 0.05) is 12.5 Å². The predicted octanol–water partition coefficient (Wildman–Crippen LogP) is 2.05. The van der Waals surface area contributed by atoms with Gasteiger partial charge >= 0.3 is 0 Å². The zero-order valence-electron chi connectivity index (χ0n) is 11.4. The van der Waals surface area contributed by atoms with Crippen molar-refractivity contribution in [1.29, 1.82) is 0 Å². The van der Waals surface area contributed by atoms with E-state index in [1.165, 1.54) is 12.8 Å². The fraction of sp³-hybridized carbons (Fsp3) is 0.467. The molecule has 0 aliphatic heterocycles. The molecule has 5 heteroatoms. The lowest BCUT2D eigenvalue weighted by molar-refractivity contribution is 0.448. The lowest BCUT2D eigenvalue weighted by Gasteiger charge is -1.99. The van der Waals surface area contributed by atoms with Gasteiger partial charge in [-0.3, -0.25) is 0 Å². The van der Waals surface area contributed by atoms with E-state index in [1.54, 1.807) is 12.1 Å². The molecule has 0 bridgehead atoms. The Hall–Kier alpha value is -1.88. The molecule has 106 valence electrons. The van der Waals surface area contributed by atoms with Crippen LogP contribution in [-0.2, 0) is 12.8 Å². The number of aromatic hydroxyl groups is 1. The minimum Gasteiger partial charge on any atom is -0.508 e. The summed E-state index contributed by atoms with van der Waals surface area (Å²) in [5.41, 5.74) is 0.968. The van der Waals surface area contributed by atoms with Gasteiger partial charge in [0.2, 0.25) is 11.8 Å². The van der Waals surface area contributed by atoms with Crippen LogP contribution in [0.15, 0.2) is 28.7 Å². The van der Waals surface area contributed by atoms with Crippen molar-refractivity contribution in [3.8, 4) is 5.75 Å². The summed E-state index contributed by atoms with van der Waals surface area (Å²) in [5.74, 6) is 1.55. The number of phenols is 1. The summed E-state index contributed by atoms with van der Waals surface area (Å²) in [7, 11) is 0. The van der Waals surface area contributed by atoms with E-state index in [0.717, 1.165) is 31.0 Å². The number of phenolic OH excluding ortho intramolecular Hbond substituents is 1. The highest BCUT2D eigenvalue weighted by Gasteiger charge is 2.19. The van der Waals surface area contributed by atoms with Gasteiger partial charge in [-0.15, -0.1) is 10.2 Å². The molecular weight excluding hydrogens is 254 g/mol. The molecule has 2 N–H and O–H groups in total. The number of nitrogens with zero attached hydrogens (tertiary/aromatic N) is 2. The molecule has 0 amide bonds. The van der Waals surface area contributed by atoms with Crippen LogP contribution in [0.25, 0.3) is 0 Å². The quantitative estimate of drug-likeness (QED) is 0.755. The highest BCUT2D eigenvalue weighted by molar-refractivity contribution is 5.28. The summed E-state index contributed by atoms with van der Waals surface area (Å²) in [5, 5.41) is 21.0. The summed E-state index contributed by atoms with van der Waals surface area (Å²) < 4.78 is 5.62. The Morgan fingerprint density at radius 2 is 2.10 bits per heavy atom. The maximum Gasteiger partial charge on any atom is 0.220 e. The highest BCUT2D eigenvalue weighted by atomic mass is 16.4. The van der Waals surface area contributed by atoms with Gasteiger partial charge in [-0.2, -0.15) is 0 Å². The largest absolute Gasteiger partial charge is 0.508 e. The molecule has 1 aliphatic rings. The van der Waals surface area contributed by atoms with Crippen LogP contribution in [0, 0.1) is 0 Å². The van der Waals surface area contributed by atoms with E-state index in [9.17, 15) is 5.11 Å². The van der Waals surface area contributed by atoms with E-state index in [2.05, 4.69) is 15.5 Å². The first-order valence-electron chi connectivity index (χ1n) is 7.12. The number of rotatable bonds is 7. The van der Waals surface area contributed by atoms with Gasteiger partial charge in [-0.25, -0.2) is 0 Å². The smallest absolute Gasteiger partial charge is 0.220 e. The van der Waals surface area contributed by atoms with Crippen LogP contribution >= 0.6 is 0 Å². The SMILES string of the molecule is Oc1cccc(Cc2nnc(CCCNC3CC3)o2)c1. The molecule has 3 rings (SSSR count). The molecule has 1 heterocycles. The van der Waals surface area contributed by atoms with Gasteiger partial charge in [-0.05, 0) is 43.5 Å². The molecule has 1 aromatic carbocycles. The summed E-state index contributed by atoms with van der Waals surface area (Å²) in [6, 6.07) is 7.85. The van der Waals surface area contributed by atoms with Crippen molar-refractivity contribution in [3.63, 3.8) is 0 Å². The second-order valence-corrected chi connectivity index (χ2v) is 5.27. The first-order chi connectivity index (χ1) is 9.79. The maximum absolute atomic E-state index is 9.42. The highest BCUT2D eigenvalue weighted by Crippen LogP contribution is 2.18. The monoisotopic (exact) mass is 273 g/mol. The van der Waals surface area contributed by atoms with E-state index >= 15 is 0 Å². The molecule has 0 spiro atoms. The van der Waals surface area contributed by atoms with Gasteiger partial charge in [0.05, 0.1) is 6.42 Å². The predicted molar refractivity (Wildman–Crippen MR) is 74.6 cm³/mol. The Morgan fingerprint density at radius 1 is 1.25 bits per heavy atom. The third-order valence-corrected chi connectivity index (χ3v) is 3.35. The lowest BCUT2D eigenvalue weighted by atomic mass is 10.1. The topological polar surface area (TPSA) is 71.2 Å². The first kappa shape index (κ1) is 13.1. The van der Waals surface area contributed by atoms with E-state index in [1.807, 2.05) is 12.1 Å². The van der Waals surface area contributed by atoms with Gasteiger partial charge in [0.25, 0.3) is 0 Å². The Balaban J connectivity index is 1.48. The average molecular weight is 273 g/mol. The molecule has 5 nitrogen and oxygen atoms in total. The first-order valence-corrected chi connectivity index (χ1v) is 7.12. The standard InChI is InChI=1S/C15H19N3O2/c19-13-4-1-3-11(9-13)10-15-18-17-14(20-15)5-2-8-16-12-6-7-12/h1,3-4,9,12,16,19H,2,5-8,10H2. The van der Waals surface area contributed by atoms with Crippen LogP contribution in [-0.4, -0.2) is 27.9 Å². The Kier molecular flexibility index (Phi) is 3.97. The number of aromatic nitrogens is 2. The van der Waals surface area contributed by atoms with Crippen LogP contribution in [0.2, 0.25) is 0 Å². The molecular formula is C15H19N3O2. The molecule has 2 aromatic rings. The summed E-state index contributed by atoms with van der Waals surface area (Å²) in [6.45, 7) is 1.01. The molecule has 0 atom stereocenters. The van der Waals surface area contributed by atoms with Gasteiger partial charge in [-0.1, -0.05) is 12.1 Å². The van der Waals surface area contributed by atoms with Crippen LogP contribution < -0.4 is 5.32 Å². The fourth-order valence-corrected chi connectivity index (χ4v) is 2.14. The van der Waals surface area contributed by atoms with E-state index in [4.69, 9.17) is 4.42 Å². The fourth-order valence-electron chi connectivity index (χ4n) is 2.14. The second kappa shape index (κ2) is 6.05. The summed E-state index contributed by atoms with van der Waals surface area (Å²) >= 11 is 0. The number of aryl methyl sites for hydroxylation is 1. The Morgan fingerprint density at radius 3 is 2.90 bits per heavy atom. The Labute approximate surface area is 118 Å². The molecule has 0 unspecified atom stereocenters. The number of hydrogen-bond acceptors (Lipinski definition) is 5. The molecule has 0 radical (unpaired) electrons. The van der Waals surface area contributed by atoms with Crippen molar-refractivity contribution in [2.24, 2.45) is 0 Å². The van der Waals surface area contributed by atoms with Gasteiger partial charge < -0.3 is 14.8 Å². The maximum atomic E-state index is 9.42. The number of nitrogens with one attached hydrogen (secondary N) is 1. The van der Waals surface area contributed by atoms with Crippen molar-refractivity contribution in [2.75, 3.05) is 6.54 Å². The van der Waals surface area contributed by atoms with Crippen molar-refractivity contribution < 1.29 is 9.52 Å². The van der Waals surface area contributed by atoms with E-state index in [0.29, 0.717) is 18.2 Å². The molecule has 0 saturated heterocycles. The summed E-state index contributed by atoms with van der Waals surface area (Å²) in [4.78, 5) is 0. The van der Waals surface area contributed by atoms with Crippen LogP contribution in [0.4, 0.5) is 0 Å². The van der Waals surface area contributed by atoms with Gasteiger partial charge in [0.15, 0.2) is 0 Å². The van der Waals surface area contributed by atoms with Crippen LogP contribution in [0.3, 0.4) is 0 Å². The second-order valence-electron chi connectivity index (χ2n) is 5.27. The van der Waals surface area contributed by atoms with Crippen molar-refractivity contribution in [3.05, 3.63) is 41.6 Å². The molecule has 20 heavy (non-hydrogen) atoms. The normalized spacial score (nSPS) is 14.6. The minimum atomic E-state index is 0.258. The zero-order valence-corrected chi connectivity index (χ0v) is 11.4. The van der Waals surface area contributed by atoms with Crippen molar-refractivity contribution in [2.45, 2.75) is 38.1 Å². The third kappa shape index (κ3) is 3.81. The average Bonchev–Trinajstić information content (AvgIpc) is 3.15. The third-order valence-electron chi connectivity index (χ3n) is 3.35. The summed E-state index contributed by atoms with van der Waals surface area (Å²) in [6.07, 6.45) is 5.02. The van der Waals surface area contributed by atoms with E-state index < -0.39 is 0 Å². The minimum absolute atomic E-state index is 0.258. The molecule has 1 fully saturated rings. The van der Waals surface area contributed by atoms with Crippen LogP contribution in [0.1, 0.15) is 36.6 Å². The van der Waals surface area contributed by atoms with E-state index in [-0.39, 0.29) is 5.75 Å². The molecule has 1 aromatic heterocycles. The Bertz CT molecular complexity index is 564. The zero-order chi connectivity index (χ0) is 13.8. The van der Waals surface area contributed by atoms with Crippen molar-refractivity contribution in [1.82, 2.24) is 15.5 Å². The number of hydrogen-bond donors (Lipinski definition) is 2. The molecule has 1 aliphatic carbocycles. The van der Waals surface area contributed by atoms with Crippen LogP contribution in [0.5, 0.6) is 5.75 Å². The van der Waals surface area contributed by atoms with Crippen molar-refractivity contribution >= 4 is 0 Å². The molecule has 1 saturated carbocycles. The number of benzene rings is 1. The lowest BCUT2D eigenvalue weighted by Crippen LogP contribution is -2.17.